The molecule has 122 valence electrons. The Morgan fingerprint density at radius 3 is 2.54 bits per heavy atom. The number of ether oxygens (including phenoxy) is 1. The second kappa shape index (κ2) is 6.91. The molecule has 3 aromatic rings. The van der Waals surface area contributed by atoms with Crippen molar-refractivity contribution in [2.45, 2.75) is 6.54 Å². The quantitative estimate of drug-likeness (QED) is 0.781. The third-order valence-corrected chi connectivity index (χ3v) is 3.43. The summed E-state index contributed by atoms with van der Waals surface area (Å²) in [4.78, 5) is 12.1. The topological polar surface area (TPSA) is 69.0 Å². The van der Waals surface area contributed by atoms with E-state index in [0.29, 0.717) is 0 Å². The van der Waals surface area contributed by atoms with Crippen LogP contribution in [-0.2, 0) is 6.54 Å². The van der Waals surface area contributed by atoms with Gasteiger partial charge in [0.15, 0.2) is 5.69 Å². The number of amides is 1. The fourth-order valence-electron chi connectivity index (χ4n) is 2.10. The van der Waals surface area contributed by atoms with Crippen LogP contribution in [0.3, 0.4) is 0 Å². The Labute approximate surface area is 137 Å². The molecule has 0 bridgehead atoms. The fourth-order valence-corrected chi connectivity index (χ4v) is 2.10. The van der Waals surface area contributed by atoms with Gasteiger partial charge >= 0.3 is 0 Å². The van der Waals surface area contributed by atoms with Crippen molar-refractivity contribution in [3.63, 3.8) is 0 Å². The average molecular weight is 326 g/mol. The van der Waals surface area contributed by atoms with Crippen LogP contribution in [-0.4, -0.2) is 28.0 Å². The number of benzene rings is 2. The highest BCUT2D eigenvalue weighted by Crippen LogP contribution is 2.14. The van der Waals surface area contributed by atoms with Gasteiger partial charge in [0, 0.05) is 6.54 Å². The zero-order chi connectivity index (χ0) is 16.9. The molecule has 0 saturated carbocycles. The minimum atomic E-state index is -0.348. The monoisotopic (exact) mass is 326 g/mol. The molecule has 1 heterocycles. The van der Waals surface area contributed by atoms with Gasteiger partial charge in [-0.15, -0.1) is 5.10 Å². The van der Waals surface area contributed by atoms with Gasteiger partial charge in [-0.1, -0.05) is 17.3 Å². The number of aromatic nitrogens is 3. The maximum atomic E-state index is 12.8. The first-order valence-electron chi connectivity index (χ1n) is 7.25. The van der Waals surface area contributed by atoms with Gasteiger partial charge in [0.1, 0.15) is 11.6 Å². The van der Waals surface area contributed by atoms with Crippen molar-refractivity contribution >= 4 is 5.91 Å². The Morgan fingerprint density at radius 2 is 1.88 bits per heavy atom. The van der Waals surface area contributed by atoms with Gasteiger partial charge in [-0.25, -0.2) is 9.07 Å². The smallest absolute Gasteiger partial charge is 0.273 e. The van der Waals surface area contributed by atoms with Crippen LogP contribution in [0.15, 0.2) is 54.7 Å². The second-order valence-corrected chi connectivity index (χ2v) is 5.06. The number of nitrogens with zero attached hydrogens (tertiary/aromatic N) is 3. The van der Waals surface area contributed by atoms with E-state index in [1.807, 2.05) is 12.1 Å². The Morgan fingerprint density at radius 1 is 1.17 bits per heavy atom. The van der Waals surface area contributed by atoms with Crippen molar-refractivity contribution in [2.24, 2.45) is 0 Å². The number of halogens is 1. The van der Waals surface area contributed by atoms with Crippen molar-refractivity contribution in [1.82, 2.24) is 20.3 Å². The summed E-state index contributed by atoms with van der Waals surface area (Å²) in [6, 6.07) is 13.1. The third-order valence-electron chi connectivity index (χ3n) is 3.43. The van der Waals surface area contributed by atoms with Crippen LogP contribution >= 0.6 is 0 Å². The molecule has 3 rings (SSSR count). The standard InChI is InChI=1S/C17H15FN4O2/c1-24-15-8-6-14(7-9-15)22-11-16(20-21-22)17(23)19-10-12-2-4-13(18)5-3-12/h2-9,11H,10H2,1H3,(H,19,23). The normalized spacial score (nSPS) is 10.4. The molecule has 0 aliphatic rings. The summed E-state index contributed by atoms with van der Waals surface area (Å²) in [6.45, 7) is 0.286. The van der Waals surface area contributed by atoms with E-state index in [1.165, 1.54) is 16.8 Å². The molecule has 0 saturated heterocycles. The van der Waals surface area contributed by atoms with Gasteiger partial charge < -0.3 is 10.1 Å². The van der Waals surface area contributed by atoms with E-state index in [0.717, 1.165) is 17.0 Å². The Hall–Kier alpha value is -3.22. The Kier molecular flexibility index (Phi) is 4.51. The molecular weight excluding hydrogens is 311 g/mol. The largest absolute Gasteiger partial charge is 0.497 e. The van der Waals surface area contributed by atoms with Crippen LogP contribution in [0.4, 0.5) is 4.39 Å². The van der Waals surface area contributed by atoms with E-state index in [2.05, 4.69) is 15.6 Å². The predicted octanol–water partition coefficient (Wildman–Crippen LogP) is 2.35. The van der Waals surface area contributed by atoms with Crippen molar-refractivity contribution < 1.29 is 13.9 Å². The van der Waals surface area contributed by atoms with Gasteiger partial charge in [0.05, 0.1) is 19.0 Å². The van der Waals surface area contributed by atoms with Gasteiger partial charge in [-0.3, -0.25) is 4.79 Å². The molecule has 0 unspecified atom stereocenters. The van der Waals surface area contributed by atoms with Crippen molar-refractivity contribution in [3.8, 4) is 11.4 Å². The lowest BCUT2D eigenvalue weighted by Gasteiger charge is -2.03. The third kappa shape index (κ3) is 3.57. The number of methoxy groups -OCH3 is 1. The molecular formula is C17H15FN4O2. The molecule has 7 heteroatoms. The van der Waals surface area contributed by atoms with Crippen molar-refractivity contribution in [1.29, 1.82) is 0 Å². The minimum Gasteiger partial charge on any atom is -0.497 e. The molecule has 24 heavy (non-hydrogen) atoms. The van der Waals surface area contributed by atoms with Crippen LogP contribution in [0.2, 0.25) is 0 Å². The summed E-state index contributed by atoms with van der Waals surface area (Å²) in [5.74, 6) is 0.0720. The molecule has 0 spiro atoms. The zero-order valence-corrected chi connectivity index (χ0v) is 12.9. The number of carbonyl (C=O) groups is 1. The molecule has 1 aromatic heterocycles. The van der Waals surface area contributed by atoms with Crippen LogP contribution in [0.1, 0.15) is 16.1 Å². The SMILES string of the molecule is COc1ccc(-n2cc(C(=O)NCc3ccc(F)cc3)nn2)cc1. The van der Waals surface area contributed by atoms with E-state index in [9.17, 15) is 9.18 Å². The molecule has 1 N–H and O–H groups in total. The summed E-state index contributed by atoms with van der Waals surface area (Å²) >= 11 is 0. The average Bonchev–Trinajstić information content (AvgIpc) is 3.11. The van der Waals surface area contributed by atoms with Crippen LogP contribution < -0.4 is 10.1 Å². The summed E-state index contributed by atoms with van der Waals surface area (Å²) in [5.41, 5.74) is 1.76. The molecule has 0 atom stereocenters. The number of hydrogen-bond donors (Lipinski definition) is 1. The summed E-state index contributed by atoms with van der Waals surface area (Å²) in [7, 11) is 1.59. The number of carbonyl (C=O) groups excluding carboxylic acids is 1. The lowest BCUT2D eigenvalue weighted by atomic mass is 10.2. The molecule has 0 fully saturated rings. The highest BCUT2D eigenvalue weighted by Gasteiger charge is 2.11. The van der Waals surface area contributed by atoms with E-state index < -0.39 is 0 Å². The first kappa shape index (κ1) is 15.7. The van der Waals surface area contributed by atoms with E-state index in [1.54, 1.807) is 37.6 Å². The maximum Gasteiger partial charge on any atom is 0.273 e. The second-order valence-electron chi connectivity index (χ2n) is 5.06. The molecule has 0 aliphatic carbocycles. The van der Waals surface area contributed by atoms with Crippen LogP contribution in [0.25, 0.3) is 5.69 Å². The lowest BCUT2D eigenvalue weighted by molar-refractivity contribution is 0.0946. The summed E-state index contributed by atoms with van der Waals surface area (Å²) in [5, 5.41) is 10.5. The van der Waals surface area contributed by atoms with E-state index in [4.69, 9.17) is 4.74 Å². The summed E-state index contributed by atoms with van der Waals surface area (Å²) < 4.78 is 19.4. The Bertz CT molecular complexity index is 829. The van der Waals surface area contributed by atoms with Gasteiger partial charge in [-0.05, 0) is 42.0 Å². The minimum absolute atomic E-state index is 0.202. The molecule has 6 nitrogen and oxygen atoms in total. The maximum absolute atomic E-state index is 12.8. The molecule has 0 radical (unpaired) electrons. The van der Waals surface area contributed by atoms with Gasteiger partial charge in [-0.2, -0.15) is 0 Å². The predicted molar refractivity (Wildman–Crippen MR) is 85.5 cm³/mol. The number of nitrogens with one attached hydrogen (secondary N) is 1. The Balaban J connectivity index is 1.65. The first-order chi connectivity index (χ1) is 11.7. The van der Waals surface area contributed by atoms with Crippen LogP contribution in [0, 0.1) is 5.82 Å². The van der Waals surface area contributed by atoms with Crippen molar-refractivity contribution in [3.05, 3.63) is 71.8 Å². The summed E-state index contributed by atoms with van der Waals surface area (Å²) in [6.07, 6.45) is 1.54. The van der Waals surface area contributed by atoms with Gasteiger partial charge in [0.2, 0.25) is 0 Å². The highest BCUT2D eigenvalue weighted by atomic mass is 19.1. The van der Waals surface area contributed by atoms with E-state index >= 15 is 0 Å². The first-order valence-corrected chi connectivity index (χ1v) is 7.25. The van der Waals surface area contributed by atoms with Crippen LogP contribution in [0.5, 0.6) is 5.75 Å². The molecule has 2 aromatic carbocycles. The van der Waals surface area contributed by atoms with Crippen molar-refractivity contribution in [2.75, 3.05) is 7.11 Å². The zero-order valence-electron chi connectivity index (χ0n) is 12.9. The number of rotatable bonds is 5. The van der Waals surface area contributed by atoms with E-state index in [-0.39, 0.29) is 24.0 Å². The van der Waals surface area contributed by atoms with Gasteiger partial charge in [0.25, 0.3) is 5.91 Å². The lowest BCUT2D eigenvalue weighted by Crippen LogP contribution is -2.23. The fraction of sp³-hybridized carbons (Fsp3) is 0.118. The number of hydrogen-bond acceptors (Lipinski definition) is 4. The molecule has 1 amide bonds. The highest BCUT2D eigenvalue weighted by molar-refractivity contribution is 5.91. The molecule has 0 aliphatic heterocycles.